The van der Waals surface area contributed by atoms with Crippen LogP contribution >= 0.6 is 12.4 Å². The number of nitrogens with one attached hydrogen (secondary N) is 1. The number of carbonyl (C=O) groups is 1. The van der Waals surface area contributed by atoms with E-state index in [4.69, 9.17) is 4.52 Å². The zero-order valence-corrected chi connectivity index (χ0v) is 14.8. The van der Waals surface area contributed by atoms with Crippen LogP contribution in [-0.2, 0) is 0 Å². The minimum absolute atomic E-state index is 0. The lowest BCUT2D eigenvalue weighted by atomic mass is 10.1. The number of rotatable bonds is 3. The average Bonchev–Trinajstić information content (AvgIpc) is 3.04. The minimum Gasteiger partial charge on any atom is -0.345 e. The maximum absolute atomic E-state index is 12.1. The molecule has 2 heterocycles. The number of carbonyl (C=O) groups excluding carboxylic acids is 1. The van der Waals surface area contributed by atoms with Gasteiger partial charge in [-0.05, 0) is 25.2 Å². The first-order valence-electron chi connectivity index (χ1n) is 7.63. The molecule has 0 radical (unpaired) electrons. The molecule has 0 saturated carbocycles. The molecule has 130 valence electrons. The fourth-order valence-electron chi connectivity index (χ4n) is 2.63. The van der Waals surface area contributed by atoms with E-state index in [1.807, 2.05) is 12.1 Å². The fraction of sp³-hybridized carbons (Fsp3) is 0.438. The number of nitrogens with zero attached hydrogens (tertiary/aromatic N) is 4. The Morgan fingerprint density at radius 3 is 2.92 bits per heavy atom. The van der Waals surface area contributed by atoms with Crippen LogP contribution in [0.1, 0.15) is 22.2 Å². The third-order valence-corrected chi connectivity index (χ3v) is 4.01. The number of hydrogen-bond donors (Lipinski definition) is 1. The number of halogens is 1. The summed E-state index contributed by atoms with van der Waals surface area (Å²) in [7, 11) is 5.51. The molecule has 3 rings (SSSR count). The van der Waals surface area contributed by atoms with Crippen molar-refractivity contribution in [2.45, 2.75) is 6.04 Å². The highest BCUT2D eigenvalue weighted by molar-refractivity contribution is 5.94. The summed E-state index contributed by atoms with van der Waals surface area (Å²) in [6, 6.07) is 7.36. The Hall–Kier alpha value is -1.96. The summed E-state index contributed by atoms with van der Waals surface area (Å²) in [4.78, 5) is 20.3. The van der Waals surface area contributed by atoms with Gasteiger partial charge in [0.2, 0.25) is 0 Å². The van der Waals surface area contributed by atoms with Crippen LogP contribution in [0.15, 0.2) is 28.8 Å². The van der Waals surface area contributed by atoms with E-state index in [0.717, 1.165) is 25.2 Å². The van der Waals surface area contributed by atoms with Crippen molar-refractivity contribution in [3.8, 4) is 11.5 Å². The van der Waals surface area contributed by atoms with Gasteiger partial charge in [0.15, 0.2) is 5.82 Å². The van der Waals surface area contributed by atoms with Gasteiger partial charge in [-0.25, -0.2) is 0 Å². The number of piperazine rings is 1. The van der Waals surface area contributed by atoms with Gasteiger partial charge < -0.3 is 14.7 Å². The average molecular weight is 352 g/mol. The van der Waals surface area contributed by atoms with Crippen molar-refractivity contribution >= 4 is 18.3 Å². The second-order valence-corrected chi connectivity index (χ2v) is 5.94. The summed E-state index contributed by atoms with van der Waals surface area (Å²) < 4.78 is 5.41. The monoisotopic (exact) mass is 351 g/mol. The Bertz CT molecular complexity index is 703. The molecule has 1 N–H and O–H groups in total. The van der Waals surface area contributed by atoms with Crippen LogP contribution in [0.2, 0.25) is 0 Å². The van der Waals surface area contributed by atoms with Crippen LogP contribution in [0.25, 0.3) is 11.5 Å². The molecule has 24 heavy (non-hydrogen) atoms. The van der Waals surface area contributed by atoms with E-state index < -0.39 is 0 Å². The first-order chi connectivity index (χ1) is 11.1. The van der Waals surface area contributed by atoms with Crippen LogP contribution in [0, 0.1) is 0 Å². The maximum Gasteiger partial charge on any atom is 0.258 e. The van der Waals surface area contributed by atoms with Gasteiger partial charge >= 0.3 is 0 Å². The Labute approximate surface area is 147 Å². The normalized spacial score (nSPS) is 18.0. The third kappa shape index (κ3) is 3.75. The lowest BCUT2D eigenvalue weighted by Crippen LogP contribution is -2.44. The molecule has 1 saturated heterocycles. The molecule has 0 bridgehead atoms. The number of aromatic nitrogens is 2. The molecule has 1 aliphatic heterocycles. The highest BCUT2D eigenvalue weighted by Gasteiger charge is 2.25. The summed E-state index contributed by atoms with van der Waals surface area (Å²) in [6.45, 7) is 2.71. The molecule has 8 heteroatoms. The van der Waals surface area contributed by atoms with E-state index in [1.165, 1.54) is 0 Å². The standard InChI is InChI=1S/C16H21N5O2.ClH/c1-20(2)16(22)12-6-4-5-11(9-12)15-18-14(19-23-15)13-10-17-7-8-21(13)3;/h4-6,9,13,17H,7-8,10H2,1-3H3;1H. The highest BCUT2D eigenvalue weighted by Crippen LogP contribution is 2.23. The van der Waals surface area contributed by atoms with Gasteiger partial charge in [-0.1, -0.05) is 11.2 Å². The summed E-state index contributed by atoms with van der Waals surface area (Å²) in [5.41, 5.74) is 1.35. The van der Waals surface area contributed by atoms with Crippen molar-refractivity contribution in [3.05, 3.63) is 35.7 Å². The fourth-order valence-corrected chi connectivity index (χ4v) is 2.63. The number of hydrogen-bond acceptors (Lipinski definition) is 6. The van der Waals surface area contributed by atoms with Gasteiger partial charge in [-0.3, -0.25) is 9.69 Å². The number of benzene rings is 1. The zero-order valence-electron chi connectivity index (χ0n) is 14.0. The number of amides is 1. The molecule has 1 unspecified atom stereocenters. The van der Waals surface area contributed by atoms with E-state index >= 15 is 0 Å². The Balaban J connectivity index is 0.00000208. The van der Waals surface area contributed by atoms with Crippen molar-refractivity contribution in [2.24, 2.45) is 0 Å². The number of likely N-dealkylation sites (N-methyl/N-ethyl adjacent to an activating group) is 1. The SMILES string of the molecule is CN(C)C(=O)c1cccc(-c2nc(C3CNCCN3C)no2)c1.Cl. The lowest BCUT2D eigenvalue weighted by Gasteiger charge is -2.30. The minimum atomic E-state index is -0.0530. The Kier molecular flexibility index (Phi) is 5.93. The van der Waals surface area contributed by atoms with E-state index in [-0.39, 0.29) is 24.4 Å². The van der Waals surface area contributed by atoms with E-state index in [9.17, 15) is 4.79 Å². The maximum atomic E-state index is 12.1. The van der Waals surface area contributed by atoms with Crippen LogP contribution in [0.5, 0.6) is 0 Å². The molecule has 1 aromatic heterocycles. The molecule has 1 aliphatic rings. The van der Waals surface area contributed by atoms with Gasteiger partial charge in [0.25, 0.3) is 11.8 Å². The van der Waals surface area contributed by atoms with Crippen molar-refractivity contribution in [3.63, 3.8) is 0 Å². The van der Waals surface area contributed by atoms with Crippen molar-refractivity contribution in [2.75, 3.05) is 40.8 Å². The van der Waals surface area contributed by atoms with Crippen molar-refractivity contribution in [1.29, 1.82) is 0 Å². The predicted octanol–water partition coefficient (Wildman–Crippen LogP) is 1.44. The molecule has 0 aliphatic carbocycles. The largest absolute Gasteiger partial charge is 0.345 e. The van der Waals surface area contributed by atoms with E-state index in [2.05, 4.69) is 27.4 Å². The molecule has 0 spiro atoms. The molecule has 1 amide bonds. The van der Waals surface area contributed by atoms with E-state index in [1.54, 1.807) is 31.1 Å². The molecule has 1 aromatic carbocycles. The van der Waals surface area contributed by atoms with Crippen LogP contribution in [0.4, 0.5) is 0 Å². The Morgan fingerprint density at radius 1 is 1.42 bits per heavy atom. The van der Waals surface area contributed by atoms with Crippen LogP contribution in [0.3, 0.4) is 0 Å². The van der Waals surface area contributed by atoms with Gasteiger partial charge in [-0.15, -0.1) is 12.4 Å². The van der Waals surface area contributed by atoms with Gasteiger partial charge in [0.05, 0.1) is 6.04 Å². The zero-order chi connectivity index (χ0) is 16.4. The molecule has 2 aromatic rings. The highest BCUT2D eigenvalue weighted by atomic mass is 35.5. The summed E-state index contributed by atoms with van der Waals surface area (Å²) in [5, 5.41) is 7.45. The quantitative estimate of drug-likeness (QED) is 0.901. The molecule has 1 fully saturated rings. The van der Waals surface area contributed by atoms with Crippen LogP contribution < -0.4 is 5.32 Å². The van der Waals surface area contributed by atoms with Crippen LogP contribution in [-0.4, -0.2) is 66.6 Å². The first-order valence-corrected chi connectivity index (χ1v) is 7.63. The second kappa shape index (κ2) is 7.74. The third-order valence-electron chi connectivity index (χ3n) is 4.01. The van der Waals surface area contributed by atoms with E-state index in [0.29, 0.717) is 17.3 Å². The molecular weight excluding hydrogens is 330 g/mol. The predicted molar refractivity (Wildman–Crippen MR) is 93.2 cm³/mol. The van der Waals surface area contributed by atoms with Gasteiger partial charge in [-0.2, -0.15) is 4.98 Å². The van der Waals surface area contributed by atoms with Gasteiger partial charge in [0, 0.05) is 44.9 Å². The summed E-state index contributed by atoms with van der Waals surface area (Å²) >= 11 is 0. The van der Waals surface area contributed by atoms with Gasteiger partial charge in [0.1, 0.15) is 0 Å². The first kappa shape index (κ1) is 18.4. The topological polar surface area (TPSA) is 74.5 Å². The summed E-state index contributed by atoms with van der Waals surface area (Å²) in [5.74, 6) is 1.05. The Morgan fingerprint density at radius 2 is 2.21 bits per heavy atom. The molecular formula is C16H22ClN5O2. The lowest BCUT2D eigenvalue weighted by molar-refractivity contribution is 0.0827. The summed E-state index contributed by atoms with van der Waals surface area (Å²) in [6.07, 6.45) is 0. The smallest absolute Gasteiger partial charge is 0.258 e. The van der Waals surface area contributed by atoms with Crippen molar-refractivity contribution < 1.29 is 9.32 Å². The molecule has 1 atom stereocenters. The van der Waals surface area contributed by atoms with Crippen molar-refractivity contribution in [1.82, 2.24) is 25.3 Å². The second-order valence-electron chi connectivity index (χ2n) is 5.94. The molecule has 7 nitrogen and oxygen atoms in total.